The molecule has 0 bridgehead atoms. The van der Waals surface area contributed by atoms with E-state index in [1.807, 2.05) is 6.07 Å². The summed E-state index contributed by atoms with van der Waals surface area (Å²) in [4.78, 5) is 0. The van der Waals surface area contributed by atoms with E-state index in [1.54, 1.807) is 12.1 Å². The van der Waals surface area contributed by atoms with Crippen LogP contribution in [0.5, 0.6) is 0 Å². The molecule has 2 N–H and O–H groups in total. The molecule has 0 aliphatic heterocycles. The van der Waals surface area contributed by atoms with Crippen molar-refractivity contribution in [1.29, 1.82) is 0 Å². The molecule has 1 fully saturated rings. The van der Waals surface area contributed by atoms with Crippen molar-refractivity contribution >= 4 is 0 Å². The van der Waals surface area contributed by atoms with Crippen molar-refractivity contribution in [3.63, 3.8) is 0 Å². The number of nitrogens with two attached hydrogens (primary N) is 1. The third-order valence-electron chi connectivity index (χ3n) is 3.34. The number of benzene rings is 1. The first-order valence-corrected chi connectivity index (χ1v) is 5.77. The summed E-state index contributed by atoms with van der Waals surface area (Å²) in [7, 11) is 0. The molecule has 82 valence electrons. The van der Waals surface area contributed by atoms with Crippen molar-refractivity contribution < 1.29 is 4.39 Å². The quantitative estimate of drug-likeness (QED) is 0.807. The van der Waals surface area contributed by atoms with E-state index in [0.29, 0.717) is 0 Å². The molecule has 0 amide bonds. The Hall–Kier alpha value is -0.890. The van der Waals surface area contributed by atoms with Gasteiger partial charge in [-0.2, -0.15) is 0 Å². The fourth-order valence-corrected chi connectivity index (χ4v) is 2.48. The summed E-state index contributed by atoms with van der Waals surface area (Å²) in [6.45, 7) is 0. The highest BCUT2D eigenvalue weighted by Crippen LogP contribution is 2.31. The van der Waals surface area contributed by atoms with Crippen LogP contribution < -0.4 is 5.73 Å². The second-order valence-electron chi connectivity index (χ2n) is 4.55. The highest BCUT2D eigenvalue weighted by molar-refractivity contribution is 5.19. The van der Waals surface area contributed by atoms with Crippen LogP contribution in [0.25, 0.3) is 0 Å². The van der Waals surface area contributed by atoms with E-state index >= 15 is 0 Å². The molecule has 1 atom stereocenters. The Morgan fingerprint density at radius 1 is 1.33 bits per heavy atom. The zero-order chi connectivity index (χ0) is 10.7. The molecule has 2 rings (SSSR count). The summed E-state index contributed by atoms with van der Waals surface area (Å²) >= 11 is 0. The van der Waals surface area contributed by atoms with Gasteiger partial charge in [-0.05, 0) is 30.0 Å². The summed E-state index contributed by atoms with van der Waals surface area (Å²) in [5.74, 6) is 0.567. The molecule has 2 heteroatoms. The van der Waals surface area contributed by atoms with Crippen molar-refractivity contribution in [3.05, 3.63) is 35.6 Å². The summed E-state index contributed by atoms with van der Waals surface area (Å²) in [6.07, 6.45) is 6.26. The van der Waals surface area contributed by atoms with Crippen LogP contribution in [0, 0.1) is 11.7 Å². The first-order valence-electron chi connectivity index (χ1n) is 5.77. The smallest absolute Gasteiger partial charge is 0.123 e. The van der Waals surface area contributed by atoms with Crippen LogP contribution in [0.3, 0.4) is 0 Å². The first kappa shape index (κ1) is 10.6. The lowest BCUT2D eigenvalue weighted by Crippen LogP contribution is -2.14. The van der Waals surface area contributed by atoms with Crippen molar-refractivity contribution in [1.82, 2.24) is 0 Å². The largest absolute Gasteiger partial charge is 0.324 e. The minimum atomic E-state index is -0.186. The van der Waals surface area contributed by atoms with Crippen LogP contribution >= 0.6 is 0 Å². The lowest BCUT2D eigenvalue weighted by atomic mass is 9.94. The first-order chi connectivity index (χ1) is 7.25. The van der Waals surface area contributed by atoms with Gasteiger partial charge in [0.25, 0.3) is 0 Å². The van der Waals surface area contributed by atoms with Crippen molar-refractivity contribution in [2.24, 2.45) is 11.7 Å². The molecule has 0 heterocycles. The second-order valence-corrected chi connectivity index (χ2v) is 4.55. The Morgan fingerprint density at radius 3 is 2.73 bits per heavy atom. The normalized spacial score (nSPS) is 19.3. The molecule has 1 saturated carbocycles. The van der Waals surface area contributed by atoms with Gasteiger partial charge in [0.2, 0.25) is 0 Å². The van der Waals surface area contributed by atoms with E-state index in [-0.39, 0.29) is 11.9 Å². The Labute approximate surface area is 90.5 Å². The summed E-state index contributed by atoms with van der Waals surface area (Å²) in [5.41, 5.74) is 7.01. The molecule has 0 radical (unpaired) electrons. The second kappa shape index (κ2) is 4.75. The molecule has 15 heavy (non-hydrogen) atoms. The lowest BCUT2D eigenvalue weighted by molar-refractivity contribution is 0.449. The number of rotatable bonds is 3. The predicted molar refractivity (Wildman–Crippen MR) is 59.9 cm³/mol. The zero-order valence-corrected chi connectivity index (χ0v) is 8.95. The topological polar surface area (TPSA) is 26.0 Å². The van der Waals surface area contributed by atoms with Crippen LogP contribution in [0.15, 0.2) is 24.3 Å². The van der Waals surface area contributed by atoms with E-state index in [2.05, 4.69) is 0 Å². The highest BCUT2D eigenvalue weighted by atomic mass is 19.1. The minimum absolute atomic E-state index is 0.00352. The summed E-state index contributed by atoms with van der Waals surface area (Å²) in [6, 6.07) is 6.68. The van der Waals surface area contributed by atoms with Gasteiger partial charge in [0.15, 0.2) is 0 Å². The van der Waals surface area contributed by atoms with Crippen LogP contribution in [-0.4, -0.2) is 0 Å². The summed E-state index contributed by atoms with van der Waals surface area (Å²) in [5, 5.41) is 0. The number of hydrogen-bond acceptors (Lipinski definition) is 1. The van der Waals surface area contributed by atoms with Crippen LogP contribution in [0.4, 0.5) is 4.39 Å². The molecule has 1 aliphatic rings. The average molecular weight is 207 g/mol. The minimum Gasteiger partial charge on any atom is -0.324 e. The van der Waals surface area contributed by atoms with Crippen LogP contribution in [0.1, 0.15) is 43.7 Å². The Bertz CT molecular complexity index is 318. The molecular formula is C13H18FN. The SMILES string of the molecule is NC(CC1CCCC1)c1cccc(F)c1. The molecule has 1 aromatic carbocycles. The van der Waals surface area contributed by atoms with E-state index in [0.717, 1.165) is 17.9 Å². The molecule has 0 spiro atoms. The maximum atomic E-state index is 13.0. The Balaban J connectivity index is 1.97. The molecule has 1 nitrogen and oxygen atoms in total. The van der Waals surface area contributed by atoms with Crippen molar-refractivity contribution in [2.45, 2.75) is 38.1 Å². The van der Waals surface area contributed by atoms with Gasteiger partial charge in [-0.3, -0.25) is 0 Å². The van der Waals surface area contributed by atoms with Gasteiger partial charge >= 0.3 is 0 Å². The van der Waals surface area contributed by atoms with Gasteiger partial charge in [-0.25, -0.2) is 4.39 Å². The van der Waals surface area contributed by atoms with Crippen LogP contribution in [0.2, 0.25) is 0 Å². The number of halogens is 1. The van der Waals surface area contributed by atoms with Gasteiger partial charge in [-0.1, -0.05) is 37.8 Å². The Morgan fingerprint density at radius 2 is 2.07 bits per heavy atom. The molecule has 1 unspecified atom stereocenters. The predicted octanol–water partition coefficient (Wildman–Crippen LogP) is 3.41. The molecule has 0 saturated heterocycles. The maximum absolute atomic E-state index is 13.0. The lowest BCUT2D eigenvalue weighted by Gasteiger charge is -2.16. The van der Waals surface area contributed by atoms with Crippen molar-refractivity contribution in [2.75, 3.05) is 0 Å². The fraction of sp³-hybridized carbons (Fsp3) is 0.538. The molecule has 1 aliphatic carbocycles. The van der Waals surface area contributed by atoms with E-state index in [4.69, 9.17) is 5.73 Å². The van der Waals surface area contributed by atoms with Crippen LogP contribution in [-0.2, 0) is 0 Å². The maximum Gasteiger partial charge on any atom is 0.123 e. The van der Waals surface area contributed by atoms with E-state index in [1.165, 1.54) is 31.7 Å². The van der Waals surface area contributed by atoms with Gasteiger partial charge in [-0.15, -0.1) is 0 Å². The van der Waals surface area contributed by atoms with Crippen molar-refractivity contribution in [3.8, 4) is 0 Å². The zero-order valence-electron chi connectivity index (χ0n) is 8.95. The van der Waals surface area contributed by atoms with Gasteiger partial charge in [0.1, 0.15) is 5.82 Å². The third-order valence-corrected chi connectivity index (χ3v) is 3.34. The average Bonchev–Trinajstić information content (AvgIpc) is 2.70. The highest BCUT2D eigenvalue weighted by Gasteiger charge is 2.18. The van der Waals surface area contributed by atoms with Gasteiger partial charge in [0, 0.05) is 6.04 Å². The molecule has 1 aromatic rings. The van der Waals surface area contributed by atoms with E-state index < -0.39 is 0 Å². The standard InChI is InChI=1S/C13H18FN/c14-12-7-3-6-11(9-12)13(15)8-10-4-1-2-5-10/h3,6-7,9-10,13H,1-2,4-5,8,15H2. The van der Waals surface area contributed by atoms with E-state index in [9.17, 15) is 4.39 Å². The summed E-state index contributed by atoms with van der Waals surface area (Å²) < 4.78 is 13.0. The number of hydrogen-bond donors (Lipinski definition) is 1. The van der Waals surface area contributed by atoms with Gasteiger partial charge in [0.05, 0.1) is 0 Å². The molecule has 0 aromatic heterocycles. The fourth-order valence-electron chi connectivity index (χ4n) is 2.48. The molecular weight excluding hydrogens is 189 g/mol. The van der Waals surface area contributed by atoms with Gasteiger partial charge < -0.3 is 5.73 Å². The third kappa shape index (κ3) is 2.78. The Kier molecular flexibility index (Phi) is 3.37. The monoisotopic (exact) mass is 207 g/mol.